The van der Waals surface area contributed by atoms with E-state index < -0.39 is 0 Å². The van der Waals surface area contributed by atoms with Gasteiger partial charge < -0.3 is 34.2 Å². The number of aromatic nitrogens is 12. The van der Waals surface area contributed by atoms with Crippen LogP contribution in [0.25, 0.3) is 66.1 Å². The molecule has 0 bridgehead atoms. The second-order valence-corrected chi connectivity index (χ2v) is 38.2. The van der Waals surface area contributed by atoms with Crippen molar-refractivity contribution in [3.8, 4) is 33.8 Å². The molecule has 0 aliphatic heterocycles. The van der Waals surface area contributed by atoms with E-state index in [1.165, 1.54) is 54.7 Å². The number of fused-ring (bicyclic) bond motifs is 6. The number of H-pyrrole nitrogens is 2. The molecule has 8 aromatic heterocycles. The van der Waals surface area contributed by atoms with Crippen molar-refractivity contribution in [2.75, 3.05) is 20.0 Å². The number of methoxy groups -OCH3 is 2. The molecule has 0 amide bonds. The Labute approximate surface area is 521 Å². The van der Waals surface area contributed by atoms with Crippen LogP contribution in [-0.2, 0) is 126 Å². The lowest BCUT2D eigenvalue weighted by Gasteiger charge is -2.10. The Kier molecular flexibility index (Phi) is 23.5. The standard InChI is InChI=1S/C25H26N6O2.C17H15ClN4O2.C7H11N3.2CH4.S13/c1-12-11-26-31(16-6-7-16)21(12)10-20-24-17-9-22(32-5)18(23-13(2)30-33-14(23)3)8-19(17)29-25(24)28-15(4)27-20;1-7-14(8(2)24-22-7)11-5-12-10(6-13(11)23-4)15-16(18)19-9(3)20-17(15)21-12;1-5-4-9-10(7(5)8)6-2-3-6;;;1-3-5-7-9-11-13-12-10-8-6-4-2/h8-9,11,16H,6-7,10H2,1-5H3,(H,27,28,29);5-6H,1-4H3,(H,19,20,21);4,6H,2-3,8H2,1H3;2*1H4;. The SMILES string of the molecule is C.C.COc1cc2c(cc1-c1c(C)noc1C)[nH]c1nc(C)nc(Cc3c(C)cnn3C3CC3)c12.COc1cc2c(cc1-c1c(C)noc1C)[nH]c1nc(C)nc(Cl)c12.Cc1cnn(C2CC2)c1N.S=S=S=S=S=S=S=S=S=S=S=S=S. The number of ether oxygens (including phenoxy) is 2. The van der Waals surface area contributed by atoms with E-state index in [-0.39, 0.29) is 14.9 Å². The highest BCUT2D eigenvalue weighted by molar-refractivity contribution is 8.75. The van der Waals surface area contributed by atoms with Gasteiger partial charge in [-0.1, -0.05) is 36.8 Å². The predicted octanol–water partition coefficient (Wildman–Crippen LogP) is 11.8. The van der Waals surface area contributed by atoms with E-state index >= 15 is 0 Å². The fraction of sp³-hybridized carbons (Fsp3) is 0.373. The molecule has 2 aromatic carbocycles. The van der Waals surface area contributed by atoms with E-state index in [0.717, 1.165) is 118 Å². The van der Waals surface area contributed by atoms with Gasteiger partial charge in [0.1, 0.15) is 56.9 Å². The van der Waals surface area contributed by atoms with Gasteiger partial charge in [-0.15, -0.1) is 0 Å². The van der Waals surface area contributed by atoms with Gasteiger partial charge in [0.25, 0.3) is 0 Å². The highest BCUT2D eigenvalue weighted by Crippen LogP contribution is 2.43. The monoisotopic (exact) mass is 1370 g/mol. The number of nitrogens with two attached hydrogens (primary N) is 1. The maximum Gasteiger partial charge on any atom is 0.143 e. The van der Waals surface area contributed by atoms with Crippen molar-refractivity contribution < 1.29 is 18.5 Å². The van der Waals surface area contributed by atoms with Crippen LogP contribution in [0.4, 0.5) is 5.82 Å². The molecule has 82 heavy (non-hydrogen) atoms. The number of nitrogen functional groups attached to an aromatic ring is 1. The molecule has 0 spiro atoms. The van der Waals surface area contributed by atoms with Crippen molar-refractivity contribution in [3.63, 3.8) is 0 Å². The zero-order chi connectivity index (χ0) is 56.8. The molecule has 0 saturated heterocycles. The number of hydrogen-bond acceptors (Lipinski definition) is 15. The summed E-state index contributed by atoms with van der Waals surface area (Å²) < 4.78 is 26.2. The normalized spacial score (nSPS) is 12.3. The Bertz CT molecular complexity index is 4460. The molecule has 17 nitrogen and oxygen atoms in total. The highest BCUT2D eigenvalue weighted by atomic mass is 35.5. The average molecular weight is 1370 g/mol. The van der Waals surface area contributed by atoms with Crippen LogP contribution in [0.3, 0.4) is 0 Å². The third-order valence-corrected chi connectivity index (χ3v) is 35.4. The quantitative estimate of drug-likeness (QED) is 0.121. The van der Waals surface area contributed by atoms with E-state index in [1.54, 1.807) is 94.1 Å². The Morgan fingerprint density at radius 2 is 1.05 bits per heavy atom. The summed E-state index contributed by atoms with van der Waals surface area (Å²) in [6.07, 6.45) is 9.38. The fourth-order valence-corrected chi connectivity index (χ4v) is 34.2. The van der Waals surface area contributed by atoms with Crippen LogP contribution in [0.2, 0.25) is 5.15 Å². The van der Waals surface area contributed by atoms with Gasteiger partial charge >= 0.3 is 0 Å². The molecule has 4 N–H and O–H groups in total. The van der Waals surface area contributed by atoms with E-state index in [1.807, 2.05) is 77.7 Å². The molecular weight excluding hydrogens is 1310 g/mol. The lowest BCUT2D eigenvalue weighted by Crippen LogP contribution is -2.06. The molecule has 2 saturated carbocycles. The first kappa shape index (κ1) is 65.1. The first-order valence-corrected chi connectivity index (χ1v) is 40.7. The summed E-state index contributed by atoms with van der Waals surface area (Å²) in [5.41, 5.74) is 19.1. The molecule has 0 unspecified atom stereocenters. The van der Waals surface area contributed by atoms with Gasteiger partial charge in [-0.2, -0.15) is 10.2 Å². The molecule has 438 valence electrons. The van der Waals surface area contributed by atoms with Gasteiger partial charge in [0.15, 0.2) is 0 Å². The number of rotatable bonds is 8. The van der Waals surface area contributed by atoms with Crippen LogP contribution in [0.15, 0.2) is 45.7 Å². The zero-order valence-electron chi connectivity index (χ0n) is 44.5. The summed E-state index contributed by atoms with van der Waals surface area (Å²) in [5.74, 6) is 5.20. The van der Waals surface area contributed by atoms with Crippen LogP contribution in [0.5, 0.6) is 11.5 Å². The zero-order valence-corrected chi connectivity index (χ0v) is 55.9. The van der Waals surface area contributed by atoms with E-state index in [9.17, 15) is 0 Å². The minimum absolute atomic E-state index is 0. The summed E-state index contributed by atoms with van der Waals surface area (Å²) in [6, 6.07) is 9.25. The molecule has 12 rings (SSSR count). The summed E-state index contributed by atoms with van der Waals surface area (Å²) in [6.45, 7) is 15.5. The molecule has 31 heteroatoms. The number of nitrogens with zero attached hydrogens (tertiary/aromatic N) is 10. The largest absolute Gasteiger partial charge is 0.496 e. The van der Waals surface area contributed by atoms with Gasteiger partial charge in [0.05, 0.1) is 72.3 Å². The molecule has 0 radical (unpaired) electrons. The first-order chi connectivity index (χ1) is 38.6. The lowest BCUT2D eigenvalue weighted by atomic mass is 10.00. The molecular formula is C51H60ClN13O4S13. The minimum atomic E-state index is 0. The smallest absolute Gasteiger partial charge is 0.143 e. The summed E-state index contributed by atoms with van der Waals surface area (Å²) in [5, 5.41) is 21.2. The van der Waals surface area contributed by atoms with Crippen molar-refractivity contribution in [3.05, 3.63) is 98.9 Å². The maximum atomic E-state index is 6.33. The number of nitrogens with one attached hydrogen (secondary N) is 2. The Morgan fingerprint density at radius 1 is 0.610 bits per heavy atom. The minimum Gasteiger partial charge on any atom is -0.496 e. The van der Waals surface area contributed by atoms with Crippen LogP contribution in [0.1, 0.15) is 110 Å². The third kappa shape index (κ3) is 15.0. The first-order valence-electron chi connectivity index (χ1n) is 24.3. The van der Waals surface area contributed by atoms with Gasteiger partial charge in [0.2, 0.25) is 0 Å². The second kappa shape index (κ2) is 29.6. The number of hydrogen-bond donors (Lipinski definition) is 3. The lowest BCUT2D eigenvalue weighted by molar-refractivity contribution is 0.393. The molecule has 2 aliphatic rings. The van der Waals surface area contributed by atoms with Gasteiger partial charge in [-0.05, 0) is 111 Å². The van der Waals surface area contributed by atoms with E-state index in [4.69, 9.17) is 68.2 Å². The second-order valence-electron chi connectivity index (χ2n) is 18.3. The van der Waals surface area contributed by atoms with Gasteiger partial charge in [-0.25, -0.2) is 24.6 Å². The maximum absolute atomic E-state index is 6.33. The number of anilines is 1. The Balaban J connectivity index is 0.000000172. The summed E-state index contributed by atoms with van der Waals surface area (Å²) in [4.78, 5) is 25.1. The molecule has 2 fully saturated rings. The van der Waals surface area contributed by atoms with Crippen LogP contribution in [-0.4, -0.2) is 74.0 Å². The number of halogens is 1. The molecule has 0 atom stereocenters. The van der Waals surface area contributed by atoms with E-state index in [2.05, 4.69) is 64.2 Å². The van der Waals surface area contributed by atoms with Crippen LogP contribution in [0, 0.1) is 55.4 Å². The van der Waals surface area contributed by atoms with Gasteiger partial charge in [0, 0.05) is 176 Å². The van der Waals surface area contributed by atoms with Crippen LogP contribution >= 0.6 is 11.6 Å². The van der Waals surface area contributed by atoms with Crippen molar-refractivity contribution in [1.29, 1.82) is 0 Å². The van der Waals surface area contributed by atoms with Gasteiger partial charge in [-0.3, -0.25) is 4.68 Å². The topological polar surface area (TPSA) is 215 Å². The summed E-state index contributed by atoms with van der Waals surface area (Å²) >= 11 is 15.7. The van der Waals surface area contributed by atoms with Crippen molar-refractivity contribution in [2.45, 2.75) is 114 Å². The number of benzene rings is 2. The highest BCUT2D eigenvalue weighted by Gasteiger charge is 2.29. The van der Waals surface area contributed by atoms with Crippen molar-refractivity contribution >= 4 is 181 Å². The molecule has 10 aromatic rings. The van der Waals surface area contributed by atoms with Crippen molar-refractivity contribution in [2.24, 2.45) is 0 Å². The van der Waals surface area contributed by atoms with Crippen LogP contribution < -0.4 is 15.2 Å². The van der Waals surface area contributed by atoms with E-state index in [0.29, 0.717) is 35.1 Å². The third-order valence-electron chi connectivity index (χ3n) is 12.9. The number of aryl methyl sites for hydroxylation is 8. The Hall–Kier alpha value is -4.41. The average Bonchev–Trinajstić information content (AvgIpc) is 3.47. The summed E-state index contributed by atoms with van der Waals surface area (Å²) in [7, 11) is 21.4. The number of aromatic amines is 2. The fourth-order valence-electron chi connectivity index (χ4n) is 9.15. The molecule has 2 aliphatic carbocycles. The Morgan fingerprint density at radius 3 is 1.49 bits per heavy atom. The predicted molar refractivity (Wildman–Crippen MR) is 367 cm³/mol. The molecule has 8 heterocycles. The van der Waals surface area contributed by atoms with Crippen molar-refractivity contribution in [1.82, 2.24) is 59.8 Å².